The molecule has 0 aliphatic carbocycles. The molecule has 1 aromatic heterocycles. The summed E-state index contributed by atoms with van der Waals surface area (Å²) in [4.78, 5) is 24.9. The van der Waals surface area contributed by atoms with Crippen LogP contribution >= 0.6 is 0 Å². The number of hydrogen-bond acceptors (Lipinski definition) is 6. The zero-order valence-corrected chi connectivity index (χ0v) is 11.1. The second-order valence-electron chi connectivity index (χ2n) is 4.81. The van der Waals surface area contributed by atoms with Crippen molar-refractivity contribution in [3.05, 3.63) is 33.1 Å². The molecule has 2 aliphatic rings. The Kier molecular flexibility index (Phi) is 3.47. The quantitative estimate of drug-likeness (QED) is 0.533. The third-order valence-corrected chi connectivity index (χ3v) is 3.59. The fraction of sp³-hybridized carbons (Fsp3) is 0.667. The number of nitrogens with zero attached hydrogens (tertiary/aromatic N) is 1. The first-order chi connectivity index (χ1) is 9.63. The largest absolute Gasteiger partial charge is 0.364 e. The van der Waals surface area contributed by atoms with Crippen LogP contribution in [-0.4, -0.2) is 54.5 Å². The molecule has 0 amide bonds. The van der Waals surface area contributed by atoms with Gasteiger partial charge in [0.05, 0.1) is 6.54 Å². The highest BCUT2D eigenvalue weighted by Crippen LogP contribution is 2.41. The van der Waals surface area contributed by atoms with Crippen LogP contribution in [0.1, 0.15) is 0 Å². The molecule has 2 aliphatic heterocycles. The van der Waals surface area contributed by atoms with E-state index in [9.17, 15) is 9.59 Å². The van der Waals surface area contributed by atoms with Gasteiger partial charge in [0, 0.05) is 26.5 Å². The molecule has 8 heteroatoms. The molecular weight excluding hydrogens is 268 g/mol. The smallest absolute Gasteiger partial charge is 0.328 e. The lowest BCUT2D eigenvalue weighted by Gasteiger charge is -2.23. The summed E-state index contributed by atoms with van der Waals surface area (Å²) in [6, 6.07) is 1.30. The lowest BCUT2D eigenvalue weighted by Crippen LogP contribution is -2.37. The maximum Gasteiger partial charge on any atom is 0.328 e. The summed E-state index contributed by atoms with van der Waals surface area (Å²) in [6.45, 7) is 0.313. The van der Waals surface area contributed by atoms with E-state index < -0.39 is 17.5 Å². The highest BCUT2D eigenvalue weighted by Gasteiger charge is 2.60. The molecule has 0 spiro atoms. The molecular formula is C12H16N2O6. The molecule has 4 atom stereocenters. The molecule has 8 nitrogen and oxygen atoms in total. The number of methoxy groups -OCH3 is 2. The monoisotopic (exact) mass is 284 g/mol. The molecule has 0 bridgehead atoms. The van der Waals surface area contributed by atoms with E-state index in [1.807, 2.05) is 0 Å². The number of H-pyrrole nitrogens is 1. The van der Waals surface area contributed by atoms with Gasteiger partial charge in [-0.15, -0.1) is 0 Å². The van der Waals surface area contributed by atoms with Gasteiger partial charge in [-0.25, -0.2) is 4.79 Å². The van der Waals surface area contributed by atoms with Gasteiger partial charge >= 0.3 is 5.69 Å². The second-order valence-corrected chi connectivity index (χ2v) is 4.81. The van der Waals surface area contributed by atoms with Gasteiger partial charge in [0.2, 0.25) is 0 Å². The van der Waals surface area contributed by atoms with Gasteiger partial charge in [0.1, 0.15) is 24.4 Å². The topological polar surface area (TPSA) is 95.1 Å². The van der Waals surface area contributed by atoms with Crippen LogP contribution in [0.15, 0.2) is 21.9 Å². The first kappa shape index (κ1) is 13.5. The highest BCUT2D eigenvalue weighted by atomic mass is 16.7. The molecule has 3 heterocycles. The Morgan fingerprint density at radius 1 is 1.30 bits per heavy atom. The van der Waals surface area contributed by atoms with E-state index in [2.05, 4.69) is 4.98 Å². The molecule has 0 saturated carbocycles. The molecule has 0 radical (unpaired) electrons. The van der Waals surface area contributed by atoms with Gasteiger partial charge < -0.3 is 18.9 Å². The first-order valence-corrected chi connectivity index (χ1v) is 6.30. The minimum Gasteiger partial charge on any atom is -0.364 e. The van der Waals surface area contributed by atoms with Gasteiger partial charge in [0.25, 0.3) is 5.56 Å². The lowest BCUT2D eigenvalue weighted by atomic mass is 10.2. The van der Waals surface area contributed by atoms with E-state index in [0.29, 0.717) is 6.54 Å². The molecule has 1 N–H and O–H groups in total. The van der Waals surface area contributed by atoms with Gasteiger partial charge in [-0.1, -0.05) is 0 Å². The molecule has 2 saturated heterocycles. The zero-order valence-electron chi connectivity index (χ0n) is 11.1. The zero-order chi connectivity index (χ0) is 14.3. The van der Waals surface area contributed by atoms with Crippen LogP contribution in [0.4, 0.5) is 0 Å². The summed E-state index contributed by atoms with van der Waals surface area (Å²) in [5, 5.41) is 0. The molecule has 3 rings (SSSR count). The lowest BCUT2D eigenvalue weighted by molar-refractivity contribution is -0.196. The van der Waals surface area contributed by atoms with Crippen molar-refractivity contribution >= 4 is 0 Å². The second kappa shape index (κ2) is 5.13. The molecule has 0 unspecified atom stereocenters. The predicted molar refractivity (Wildman–Crippen MR) is 66.5 cm³/mol. The maximum atomic E-state index is 11.6. The predicted octanol–water partition coefficient (Wildman–Crippen LogP) is -1.31. The number of aromatic amines is 1. The van der Waals surface area contributed by atoms with E-state index in [4.69, 9.17) is 18.9 Å². The normalized spacial score (nSPS) is 31.6. The number of epoxide rings is 1. The van der Waals surface area contributed by atoms with Gasteiger partial charge in [0.15, 0.2) is 6.29 Å². The van der Waals surface area contributed by atoms with Crippen molar-refractivity contribution in [1.82, 2.24) is 9.55 Å². The Morgan fingerprint density at radius 3 is 2.70 bits per heavy atom. The number of aromatic nitrogens is 2. The Morgan fingerprint density at radius 2 is 2.05 bits per heavy atom. The van der Waals surface area contributed by atoms with Crippen molar-refractivity contribution in [3.63, 3.8) is 0 Å². The Hall–Kier alpha value is -1.48. The first-order valence-electron chi connectivity index (χ1n) is 6.30. The summed E-state index contributed by atoms with van der Waals surface area (Å²) in [5.74, 6) is 0. The fourth-order valence-corrected chi connectivity index (χ4v) is 2.57. The van der Waals surface area contributed by atoms with Crippen molar-refractivity contribution < 1.29 is 18.9 Å². The van der Waals surface area contributed by atoms with Crippen molar-refractivity contribution in [2.75, 3.05) is 14.2 Å². The van der Waals surface area contributed by atoms with Crippen LogP contribution in [0.2, 0.25) is 0 Å². The molecule has 20 heavy (non-hydrogen) atoms. The van der Waals surface area contributed by atoms with Gasteiger partial charge in [-0.05, 0) is 0 Å². The minimum atomic E-state index is -0.498. The summed E-state index contributed by atoms with van der Waals surface area (Å²) in [5.41, 5.74) is -0.882. The van der Waals surface area contributed by atoms with E-state index in [-0.39, 0.29) is 24.4 Å². The average molecular weight is 284 g/mol. The SMILES string of the molecule is COC(OC)[C@@H]1O[C@@H](Cn2ccc(=O)[nH]c2=O)[C@H]2O[C@H]21. The third kappa shape index (κ3) is 2.31. The van der Waals surface area contributed by atoms with Crippen molar-refractivity contribution in [2.24, 2.45) is 0 Å². The Balaban J connectivity index is 1.71. The minimum absolute atomic E-state index is 0.0633. The summed E-state index contributed by atoms with van der Waals surface area (Å²) in [6.07, 6.45) is 0.247. The van der Waals surface area contributed by atoms with Crippen LogP contribution in [0.5, 0.6) is 0 Å². The van der Waals surface area contributed by atoms with Gasteiger partial charge in [-0.3, -0.25) is 14.3 Å². The summed E-state index contributed by atoms with van der Waals surface area (Å²) >= 11 is 0. The van der Waals surface area contributed by atoms with Crippen LogP contribution in [0.25, 0.3) is 0 Å². The average Bonchev–Trinajstić information content (AvgIpc) is 3.14. The molecule has 110 valence electrons. The highest BCUT2D eigenvalue weighted by molar-refractivity contribution is 5.04. The molecule has 0 aromatic carbocycles. The van der Waals surface area contributed by atoms with E-state index >= 15 is 0 Å². The Labute approximate surface area is 114 Å². The number of fused-ring (bicyclic) bond motifs is 1. The Bertz CT molecular complexity index is 592. The van der Waals surface area contributed by atoms with Gasteiger partial charge in [-0.2, -0.15) is 0 Å². The fourth-order valence-electron chi connectivity index (χ4n) is 2.57. The molecule has 1 aromatic rings. The number of rotatable bonds is 5. The third-order valence-electron chi connectivity index (χ3n) is 3.59. The van der Waals surface area contributed by atoms with Crippen molar-refractivity contribution in [3.8, 4) is 0 Å². The standard InChI is InChI=1S/C12H16N2O6/c1-17-11(18-2)10-9-8(20-9)6(19-10)5-14-4-3-7(15)13-12(14)16/h3-4,6,8-11H,5H2,1-2H3,(H,13,15,16)/t6-,8+,9+,10+/m0/s1. The summed E-state index contributed by atoms with van der Waals surface area (Å²) < 4.78 is 23.1. The summed E-state index contributed by atoms with van der Waals surface area (Å²) in [7, 11) is 3.07. The van der Waals surface area contributed by atoms with Crippen LogP contribution in [0.3, 0.4) is 0 Å². The number of hydrogen-bond donors (Lipinski definition) is 1. The number of nitrogens with one attached hydrogen (secondary N) is 1. The van der Waals surface area contributed by atoms with E-state index in [1.54, 1.807) is 0 Å². The van der Waals surface area contributed by atoms with Crippen LogP contribution < -0.4 is 11.2 Å². The van der Waals surface area contributed by atoms with E-state index in [1.165, 1.54) is 31.0 Å². The van der Waals surface area contributed by atoms with E-state index in [0.717, 1.165) is 0 Å². The van der Waals surface area contributed by atoms with Crippen LogP contribution in [0, 0.1) is 0 Å². The molecule has 2 fully saturated rings. The number of ether oxygens (including phenoxy) is 4. The maximum absolute atomic E-state index is 11.6. The van der Waals surface area contributed by atoms with Crippen molar-refractivity contribution in [2.45, 2.75) is 37.3 Å². The van der Waals surface area contributed by atoms with Crippen molar-refractivity contribution in [1.29, 1.82) is 0 Å². The van der Waals surface area contributed by atoms with Crippen LogP contribution in [-0.2, 0) is 25.5 Å².